The molecule has 1 aliphatic rings. The fraction of sp³-hybridized carbons (Fsp3) is 0.385. The van der Waals surface area contributed by atoms with Crippen molar-refractivity contribution in [1.82, 2.24) is 4.90 Å². The first kappa shape index (κ1) is 24.3. The molecule has 0 bridgehead atoms. The average Bonchev–Trinajstić information content (AvgIpc) is 3.08. The minimum Gasteiger partial charge on any atom is -0.490 e. The van der Waals surface area contributed by atoms with Gasteiger partial charge in [0.25, 0.3) is 5.91 Å². The summed E-state index contributed by atoms with van der Waals surface area (Å²) >= 11 is 6.63. The summed E-state index contributed by atoms with van der Waals surface area (Å²) in [5, 5.41) is 0. The van der Waals surface area contributed by atoms with Crippen LogP contribution in [0.3, 0.4) is 0 Å². The molecule has 0 N–H and O–H groups in total. The second-order valence-electron chi connectivity index (χ2n) is 7.62. The molecule has 6 heteroatoms. The van der Waals surface area contributed by atoms with Crippen molar-refractivity contribution in [3.63, 3.8) is 0 Å². The van der Waals surface area contributed by atoms with Crippen molar-refractivity contribution in [2.75, 3.05) is 19.8 Å². The van der Waals surface area contributed by atoms with Gasteiger partial charge >= 0.3 is 0 Å². The van der Waals surface area contributed by atoms with Crippen molar-refractivity contribution in [3.05, 3.63) is 64.6 Å². The Labute approximate surface area is 201 Å². The van der Waals surface area contributed by atoms with Crippen molar-refractivity contribution in [2.45, 2.75) is 46.0 Å². The SMILES string of the molecule is CCCCCCc1ccc(OCCOc2ccccc2C=C2SC(=S)N(CC)C2=O)cc1. The van der Waals surface area contributed by atoms with E-state index in [-0.39, 0.29) is 5.91 Å². The molecule has 1 fully saturated rings. The lowest BCUT2D eigenvalue weighted by atomic mass is 10.1. The molecule has 0 saturated carbocycles. The third-order valence-electron chi connectivity index (χ3n) is 5.25. The quantitative estimate of drug-likeness (QED) is 0.202. The lowest BCUT2D eigenvalue weighted by Gasteiger charge is -2.11. The number of hydrogen-bond acceptors (Lipinski definition) is 5. The fourth-order valence-electron chi connectivity index (χ4n) is 3.46. The van der Waals surface area contributed by atoms with Gasteiger partial charge in [-0.15, -0.1) is 0 Å². The number of amides is 1. The third-order valence-corrected chi connectivity index (χ3v) is 6.63. The molecule has 3 rings (SSSR count). The average molecular weight is 470 g/mol. The number of rotatable bonds is 12. The van der Waals surface area contributed by atoms with Crippen LogP contribution in [0.4, 0.5) is 0 Å². The van der Waals surface area contributed by atoms with Gasteiger partial charge in [0, 0.05) is 12.1 Å². The zero-order valence-corrected chi connectivity index (χ0v) is 20.5. The molecule has 0 unspecified atom stereocenters. The lowest BCUT2D eigenvalue weighted by Crippen LogP contribution is -2.27. The number of unbranched alkanes of at least 4 members (excludes halogenated alkanes) is 3. The summed E-state index contributed by atoms with van der Waals surface area (Å²) in [6, 6.07) is 16.0. The maximum Gasteiger partial charge on any atom is 0.266 e. The molecule has 0 radical (unpaired) electrons. The van der Waals surface area contributed by atoms with E-state index in [0.717, 1.165) is 23.5 Å². The van der Waals surface area contributed by atoms with Crippen LogP contribution in [0, 0.1) is 0 Å². The molecule has 2 aromatic carbocycles. The number of carbonyl (C=O) groups is 1. The second kappa shape index (κ2) is 12.7. The van der Waals surface area contributed by atoms with E-state index >= 15 is 0 Å². The zero-order valence-electron chi connectivity index (χ0n) is 18.8. The summed E-state index contributed by atoms with van der Waals surface area (Å²) < 4.78 is 12.4. The van der Waals surface area contributed by atoms with Gasteiger partial charge < -0.3 is 9.47 Å². The van der Waals surface area contributed by atoms with Crippen LogP contribution in [-0.2, 0) is 11.2 Å². The number of hydrogen-bond donors (Lipinski definition) is 0. The summed E-state index contributed by atoms with van der Waals surface area (Å²) in [7, 11) is 0. The Morgan fingerprint density at radius 2 is 1.72 bits per heavy atom. The summed E-state index contributed by atoms with van der Waals surface area (Å²) in [6.45, 7) is 5.60. The largest absolute Gasteiger partial charge is 0.490 e. The van der Waals surface area contributed by atoms with E-state index in [9.17, 15) is 4.79 Å². The molecule has 0 atom stereocenters. The highest BCUT2D eigenvalue weighted by atomic mass is 32.2. The van der Waals surface area contributed by atoms with Crippen LogP contribution in [-0.4, -0.2) is 34.9 Å². The number of carbonyl (C=O) groups excluding carboxylic acids is 1. The van der Waals surface area contributed by atoms with Gasteiger partial charge in [-0.2, -0.15) is 0 Å². The molecule has 1 heterocycles. The lowest BCUT2D eigenvalue weighted by molar-refractivity contribution is -0.121. The smallest absolute Gasteiger partial charge is 0.266 e. The van der Waals surface area contributed by atoms with Crippen molar-refractivity contribution in [1.29, 1.82) is 0 Å². The van der Waals surface area contributed by atoms with Crippen LogP contribution in [0.25, 0.3) is 6.08 Å². The molecule has 170 valence electrons. The first-order chi connectivity index (χ1) is 15.6. The van der Waals surface area contributed by atoms with E-state index in [2.05, 4.69) is 19.1 Å². The summed E-state index contributed by atoms with van der Waals surface area (Å²) in [5.74, 6) is 1.53. The monoisotopic (exact) mass is 469 g/mol. The number of benzene rings is 2. The molecular formula is C26H31NO3S2. The number of thioether (sulfide) groups is 1. The molecule has 0 aromatic heterocycles. The number of ether oxygens (including phenoxy) is 2. The van der Waals surface area contributed by atoms with E-state index in [1.165, 1.54) is 43.0 Å². The fourth-order valence-corrected chi connectivity index (χ4v) is 4.84. The highest BCUT2D eigenvalue weighted by molar-refractivity contribution is 8.26. The van der Waals surface area contributed by atoms with Gasteiger partial charge in [0.15, 0.2) is 0 Å². The second-order valence-corrected chi connectivity index (χ2v) is 9.29. The van der Waals surface area contributed by atoms with Crippen LogP contribution < -0.4 is 9.47 Å². The summed E-state index contributed by atoms with van der Waals surface area (Å²) in [6.07, 6.45) is 8.08. The van der Waals surface area contributed by atoms with Crippen LogP contribution in [0.15, 0.2) is 53.4 Å². The Bertz CT molecular complexity index is 940. The number of para-hydroxylation sites is 1. The van der Waals surface area contributed by atoms with E-state index < -0.39 is 0 Å². The number of nitrogens with zero attached hydrogens (tertiary/aromatic N) is 1. The van der Waals surface area contributed by atoms with Gasteiger partial charge in [0.05, 0.1) is 4.91 Å². The van der Waals surface area contributed by atoms with E-state index in [4.69, 9.17) is 21.7 Å². The number of thiocarbonyl (C=S) groups is 1. The van der Waals surface area contributed by atoms with Crippen LogP contribution in [0.5, 0.6) is 11.5 Å². The van der Waals surface area contributed by atoms with Gasteiger partial charge in [-0.1, -0.05) is 80.5 Å². The Morgan fingerprint density at radius 1 is 0.969 bits per heavy atom. The molecule has 0 aliphatic carbocycles. The normalized spacial score (nSPS) is 14.9. The topological polar surface area (TPSA) is 38.8 Å². The number of aryl methyl sites for hydroxylation is 1. The molecule has 1 saturated heterocycles. The maximum absolute atomic E-state index is 12.5. The van der Waals surface area contributed by atoms with E-state index in [1.807, 2.05) is 49.4 Å². The molecule has 2 aromatic rings. The maximum atomic E-state index is 12.5. The van der Waals surface area contributed by atoms with Gasteiger partial charge in [-0.25, -0.2) is 0 Å². The number of likely N-dealkylation sites (N-methyl/N-ethyl adjacent to an activating group) is 1. The summed E-state index contributed by atoms with van der Waals surface area (Å²) in [4.78, 5) is 14.7. The van der Waals surface area contributed by atoms with Crippen LogP contribution >= 0.6 is 24.0 Å². The minimum atomic E-state index is -0.0468. The molecule has 1 aliphatic heterocycles. The predicted octanol–water partition coefficient (Wildman–Crippen LogP) is 6.49. The molecular weight excluding hydrogens is 438 g/mol. The van der Waals surface area contributed by atoms with E-state index in [1.54, 1.807) is 4.90 Å². The first-order valence-corrected chi connectivity index (χ1v) is 12.5. The predicted molar refractivity (Wildman–Crippen MR) is 137 cm³/mol. The molecule has 32 heavy (non-hydrogen) atoms. The van der Waals surface area contributed by atoms with Crippen LogP contribution in [0.1, 0.15) is 50.7 Å². The van der Waals surface area contributed by atoms with Gasteiger partial charge in [0.2, 0.25) is 0 Å². The van der Waals surface area contributed by atoms with Crippen molar-refractivity contribution < 1.29 is 14.3 Å². The zero-order chi connectivity index (χ0) is 22.8. The minimum absolute atomic E-state index is 0.0468. The highest BCUT2D eigenvalue weighted by Crippen LogP contribution is 2.34. The first-order valence-electron chi connectivity index (χ1n) is 11.3. The van der Waals surface area contributed by atoms with Gasteiger partial charge in [-0.3, -0.25) is 9.69 Å². The van der Waals surface area contributed by atoms with Gasteiger partial charge in [0.1, 0.15) is 29.0 Å². The van der Waals surface area contributed by atoms with Crippen molar-refractivity contribution >= 4 is 40.3 Å². The Balaban J connectivity index is 1.49. The van der Waals surface area contributed by atoms with Crippen molar-refractivity contribution in [2.24, 2.45) is 0 Å². The Morgan fingerprint density at radius 3 is 2.44 bits per heavy atom. The van der Waals surface area contributed by atoms with Crippen molar-refractivity contribution in [3.8, 4) is 11.5 Å². The summed E-state index contributed by atoms with van der Waals surface area (Å²) in [5.41, 5.74) is 2.21. The molecule has 0 spiro atoms. The van der Waals surface area contributed by atoms with Gasteiger partial charge in [-0.05, 0) is 49.6 Å². The van der Waals surface area contributed by atoms with E-state index in [0.29, 0.717) is 29.0 Å². The Hall–Kier alpha value is -2.31. The molecule has 4 nitrogen and oxygen atoms in total. The third kappa shape index (κ3) is 6.84. The highest BCUT2D eigenvalue weighted by Gasteiger charge is 2.30. The molecule has 1 amide bonds. The van der Waals surface area contributed by atoms with Crippen LogP contribution in [0.2, 0.25) is 0 Å². The Kier molecular flexibility index (Phi) is 9.62. The standard InChI is InChI=1S/C26H31NO3S2/c1-3-5-6-7-10-20-13-15-22(16-14-20)29-17-18-30-23-12-9-8-11-21(23)19-24-25(28)27(4-2)26(31)32-24/h8-9,11-16,19H,3-7,10,17-18H2,1-2H3.